The van der Waals surface area contributed by atoms with Gasteiger partial charge < -0.3 is 13.9 Å². The number of non-ortho nitro benzene ring substituents is 1. The Balaban J connectivity index is 1.86. The van der Waals surface area contributed by atoms with Gasteiger partial charge in [0.1, 0.15) is 5.75 Å². The molecule has 4 rings (SSSR count). The second kappa shape index (κ2) is 5.91. The fourth-order valence-electron chi connectivity index (χ4n) is 2.86. The Kier molecular flexibility index (Phi) is 3.70. The summed E-state index contributed by atoms with van der Waals surface area (Å²) in [5, 5.41) is 11.6. The molecular weight excluding hydrogens is 352 g/mol. The topological polar surface area (TPSA) is 96.7 Å². The lowest BCUT2D eigenvalue weighted by atomic mass is 10.1. The normalized spacial score (nSPS) is 13.5. The number of benzene rings is 2. The first kappa shape index (κ1) is 15.7. The molecule has 128 valence electrons. The van der Waals surface area contributed by atoms with Gasteiger partial charge in [-0.15, -0.1) is 0 Å². The first-order chi connectivity index (χ1) is 12.0. The van der Waals surface area contributed by atoms with Crippen LogP contribution in [0.5, 0.6) is 5.75 Å². The molecule has 0 aliphatic carbocycles. The predicted molar refractivity (Wildman–Crippen MR) is 88.0 cm³/mol. The highest BCUT2D eigenvalue weighted by Gasteiger charge is 2.22. The second-order valence-corrected chi connectivity index (χ2v) is 5.96. The Morgan fingerprint density at radius 1 is 1.28 bits per heavy atom. The molecule has 1 aliphatic heterocycles. The molecule has 1 aliphatic rings. The molecule has 3 aromatic rings. The van der Waals surface area contributed by atoms with E-state index in [1.54, 1.807) is 18.2 Å². The zero-order valence-electron chi connectivity index (χ0n) is 12.7. The van der Waals surface area contributed by atoms with Gasteiger partial charge in [0, 0.05) is 34.3 Å². The fourth-order valence-corrected chi connectivity index (χ4v) is 3.03. The summed E-state index contributed by atoms with van der Waals surface area (Å²) in [5.41, 5.74) is 1.88. The van der Waals surface area contributed by atoms with Crippen LogP contribution in [0.25, 0.3) is 11.1 Å². The number of nitro benzene ring substituents is 1. The summed E-state index contributed by atoms with van der Waals surface area (Å²) in [5.74, 6) is -0.0864. The van der Waals surface area contributed by atoms with E-state index in [0.717, 1.165) is 0 Å². The maximum Gasteiger partial charge on any atom is 0.420 e. The standard InChI is InChI=1S/C16H11ClN2O6/c17-11-1-2-13-14(5-11)25-16(20)18(13)6-9-3-12(19(21)22)4-10-7-23-8-24-15(9)10/h1-5H,6-8H2. The number of hydrogen-bond acceptors (Lipinski definition) is 6. The maximum absolute atomic E-state index is 12.2. The van der Waals surface area contributed by atoms with E-state index in [2.05, 4.69) is 0 Å². The second-order valence-electron chi connectivity index (χ2n) is 5.53. The number of nitrogens with zero attached hydrogens (tertiary/aromatic N) is 2. The lowest BCUT2D eigenvalue weighted by molar-refractivity contribution is -0.385. The number of rotatable bonds is 3. The number of ether oxygens (including phenoxy) is 2. The average Bonchev–Trinajstić information content (AvgIpc) is 2.89. The third-order valence-electron chi connectivity index (χ3n) is 3.94. The minimum atomic E-state index is -0.579. The van der Waals surface area contributed by atoms with Crippen LogP contribution >= 0.6 is 11.6 Å². The van der Waals surface area contributed by atoms with Crippen LogP contribution < -0.4 is 10.5 Å². The number of aromatic nitrogens is 1. The van der Waals surface area contributed by atoms with Crippen LogP contribution in [0.3, 0.4) is 0 Å². The van der Waals surface area contributed by atoms with E-state index in [9.17, 15) is 14.9 Å². The van der Waals surface area contributed by atoms with E-state index in [0.29, 0.717) is 33.0 Å². The minimum Gasteiger partial charge on any atom is -0.467 e. The molecule has 0 fully saturated rings. The molecule has 25 heavy (non-hydrogen) atoms. The largest absolute Gasteiger partial charge is 0.467 e. The molecule has 0 saturated carbocycles. The van der Waals surface area contributed by atoms with Crippen molar-refractivity contribution in [1.29, 1.82) is 0 Å². The van der Waals surface area contributed by atoms with Gasteiger partial charge in [-0.05, 0) is 12.1 Å². The monoisotopic (exact) mass is 362 g/mol. The van der Waals surface area contributed by atoms with Crippen molar-refractivity contribution < 1.29 is 18.8 Å². The third kappa shape index (κ3) is 2.75. The molecule has 0 N–H and O–H groups in total. The van der Waals surface area contributed by atoms with Crippen LogP contribution in [0.15, 0.2) is 39.5 Å². The van der Waals surface area contributed by atoms with E-state index in [1.807, 2.05) is 0 Å². The van der Waals surface area contributed by atoms with Crippen molar-refractivity contribution >= 4 is 28.4 Å². The molecule has 0 radical (unpaired) electrons. The molecular formula is C16H11ClN2O6. The summed E-state index contributed by atoms with van der Waals surface area (Å²) in [4.78, 5) is 22.9. The van der Waals surface area contributed by atoms with Crippen LogP contribution in [0.1, 0.15) is 11.1 Å². The summed E-state index contributed by atoms with van der Waals surface area (Å²) in [6.07, 6.45) is 0. The Hall–Kier alpha value is -2.84. The highest BCUT2D eigenvalue weighted by atomic mass is 35.5. The number of hydrogen-bond donors (Lipinski definition) is 0. The molecule has 2 heterocycles. The van der Waals surface area contributed by atoms with Crippen molar-refractivity contribution in [2.75, 3.05) is 6.79 Å². The van der Waals surface area contributed by atoms with Crippen LogP contribution in [0.2, 0.25) is 5.02 Å². The first-order valence-electron chi connectivity index (χ1n) is 7.32. The predicted octanol–water partition coefficient (Wildman–Crippen LogP) is 3.07. The molecule has 0 bridgehead atoms. The number of nitro groups is 1. The zero-order valence-corrected chi connectivity index (χ0v) is 13.5. The van der Waals surface area contributed by atoms with E-state index in [-0.39, 0.29) is 25.6 Å². The molecule has 0 unspecified atom stereocenters. The molecule has 8 nitrogen and oxygen atoms in total. The molecule has 0 spiro atoms. The van der Waals surface area contributed by atoms with Gasteiger partial charge in [-0.3, -0.25) is 14.7 Å². The lowest BCUT2D eigenvalue weighted by Crippen LogP contribution is -2.18. The number of halogens is 1. The van der Waals surface area contributed by atoms with Crippen molar-refractivity contribution in [2.45, 2.75) is 13.2 Å². The Bertz CT molecular complexity index is 1050. The van der Waals surface area contributed by atoms with Crippen molar-refractivity contribution in [3.8, 4) is 5.75 Å². The number of oxazole rings is 1. The summed E-state index contributed by atoms with van der Waals surface area (Å²) < 4.78 is 17.3. The highest BCUT2D eigenvalue weighted by Crippen LogP contribution is 2.33. The van der Waals surface area contributed by atoms with Gasteiger partial charge in [-0.25, -0.2) is 4.79 Å². The lowest BCUT2D eigenvalue weighted by Gasteiger charge is -2.20. The Morgan fingerprint density at radius 2 is 2.12 bits per heavy atom. The van der Waals surface area contributed by atoms with E-state index < -0.39 is 10.7 Å². The quantitative estimate of drug-likeness (QED) is 0.524. The van der Waals surface area contributed by atoms with Gasteiger partial charge in [-0.1, -0.05) is 11.6 Å². The summed E-state index contributed by atoms with van der Waals surface area (Å²) in [7, 11) is 0. The molecule has 2 aromatic carbocycles. The number of fused-ring (bicyclic) bond motifs is 2. The van der Waals surface area contributed by atoms with Gasteiger partial charge in [-0.2, -0.15) is 0 Å². The first-order valence-corrected chi connectivity index (χ1v) is 7.70. The van der Waals surface area contributed by atoms with Crippen molar-refractivity contribution in [3.63, 3.8) is 0 Å². The van der Waals surface area contributed by atoms with Crippen LogP contribution in [0.4, 0.5) is 5.69 Å². The van der Waals surface area contributed by atoms with Crippen molar-refractivity contribution in [3.05, 3.63) is 67.1 Å². The molecule has 9 heteroatoms. The Morgan fingerprint density at radius 3 is 2.92 bits per heavy atom. The van der Waals surface area contributed by atoms with Crippen LogP contribution in [0, 0.1) is 10.1 Å². The summed E-state index contributed by atoms with van der Waals surface area (Å²) >= 11 is 5.91. The summed E-state index contributed by atoms with van der Waals surface area (Å²) in [6, 6.07) is 7.65. The average molecular weight is 363 g/mol. The highest BCUT2D eigenvalue weighted by molar-refractivity contribution is 6.31. The van der Waals surface area contributed by atoms with Gasteiger partial charge in [0.15, 0.2) is 12.4 Å². The third-order valence-corrected chi connectivity index (χ3v) is 4.18. The van der Waals surface area contributed by atoms with Crippen LogP contribution in [-0.2, 0) is 17.9 Å². The van der Waals surface area contributed by atoms with E-state index >= 15 is 0 Å². The van der Waals surface area contributed by atoms with Gasteiger partial charge in [0.05, 0.1) is 23.6 Å². The smallest absolute Gasteiger partial charge is 0.420 e. The van der Waals surface area contributed by atoms with Crippen LogP contribution in [-0.4, -0.2) is 16.3 Å². The molecule has 0 atom stereocenters. The van der Waals surface area contributed by atoms with Gasteiger partial charge >= 0.3 is 5.76 Å². The SMILES string of the molecule is O=c1oc2cc(Cl)ccc2n1Cc1cc([N+](=O)[O-])cc2c1OCOC2. The zero-order chi connectivity index (χ0) is 17.6. The van der Waals surface area contributed by atoms with Crippen molar-refractivity contribution in [1.82, 2.24) is 4.57 Å². The summed E-state index contributed by atoms with van der Waals surface area (Å²) in [6.45, 7) is 0.326. The van der Waals surface area contributed by atoms with Gasteiger partial charge in [0.2, 0.25) is 0 Å². The molecule has 0 amide bonds. The minimum absolute atomic E-state index is 0.0501. The van der Waals surface area contributed by atoms with Gasteiger partial charge in [0.25, 0.3) is 5.69 Å². The van der Waals surface area contributed by atoms with E-state index in [1.165, 1.54) is 16.7 Å². The van der Waals surface area contributed by atoms with E-state index in [4.69, 9.17) is 25.5 Å². The molecule has 1 aromatic heterocycles. The molecule has 0 saturated heterocycles. The fraction of sp³-hybridized carbons (Fsp3) is 0.188. The van der Waals surface area contributed by atoms with Crippen molar-refractivity contribution in [2.24, 2.45) is 0 Å². The Labute approximate surface area is 145 Å². The maximum atomic E-state index is 12.2.